The average molecular weight is 273 g/mol. The van der Waals surface area contributed by atoms with E-state index in [0.29, 0.717) is 6.42 Å². The number of halogens is 2. The van der Waals surface area contributed by atoms with E-state index in [1.54, 1.807) is 12.2 Å². The van der Waals surface area contributed by atoms with Crippen LogP contribution >= 0.6 is 0 Å². The highest BCUT2D eigenvalue weighted by Crippen LogP contribution is 2.36. The van der Waals surface area contributed by atoms with Gasteiger partial charge in [-0.1, -0.05) is 12.2 Å². The summed E-state index contributed by atoms with van der Waals surface area (Å²) in [5.41, 5.74) is 0. The predicted octanol–water partition coefficient (Wildman–Crippen LogP) is 1.96. The van der Waals surface area contributed by atoms with Crippen molar-refractivity contribution in [3.8, 4) is 0 Å². The maximum atomic E-state index is 13.0. The van der Waals surface area contributed by atoms with E-state index in [-0.39, 0.29) is 43.6 Å². The van der Waals surface area contributed by atoms with Crippen molar-refractivity contribution in [1.82, 2.24) is 5.32 Å². The third-order valence-corrected chi connectivity index (χ3v) is 3.82. The lowest BCUT2D eigenvalue weighted by molar-refractivity contribution is -0.140. The molecule has 0 radical (unpaired) electrons. The van der Waals surface area contributed by atoms with E-state index in [1.807, 2.05) is 0 Å². The van der Waals surface area contributed by atoms with Gasteiger partial charge in [-0.15, -0.1) is 0 Å². The van der Waals surface area contributed by atoms with Gasteiger partial charge in [0.1, 0.15) is 0 Å². The van der Waals surface area contributed by atoms with Crippen LogP contribution in [0.5, 0.6) is 0 Å². The Morgan fingerprint density at radius 1 is 1.21 bits per heavy atom. The zero-order valence-electron chi connectivity index (χ0n) is 10.4. The fraction of sp³-hybridized carbons (Fsp3) is 0.692. The molecule has 2 rings (SSSR count). The minimum Gasteiger partial charge on any atom is -0.481 e. The molecule has 2 unspecified atom stereocenters. The molecule has 0 aliphatic heterocycles. The van der Waals surface area contributed by atoms with Crippen molar-refractivity contribution in [3.63, 3.8) is 0 Å². The molecule has 1 saturated carbocycles. The summed E-state index contributed by atoms with van der Waals surface area (Å²) in [4.78, 5) is 22.7. The van der Waals surface area contributed by atoms with E-state index in [9.17, 15) is 18.4 Å². The molecule has 6 heteroatoms. The van der Waals surface area contributed by atoms with Crippen LogP contribution in [0, 0.1) is 11.8 Å². The summed E-state index contributed by atoms with van der Waals surface area (Å²) in [5.74, 6) is -4.74. The van der Waals surface area contributed by atoms with E-state index in [0.717, 1.165) is 0 Å². The highest BCUT2D eigenvalue weighted by atomic mass is 19.3. The Bertz CT molecular complexity index is 399. The van der Waals surface area contributed by atoms with Crippen molar-refractivity contribution in [3.05, 3.63) is 12.2 Å². The molecule has 0 bridgehead atoms. The molecule has 2 aliphatic carbocycles. The normalized spacial score (nSPS) is 30.2. The van der Waals surface area contributed by atoms with Gasteiger partial charge in [0.05, 0.1) is 5.92 Å². The zero-order valence-corrected chi connectivity index (χ0v) is 10.4. The van der Waals surface area contributed by atoms with E-state index >= 15 is 0 Å². The highest BCUT2D eigenvalue weighted by Gasteiger charge is 2.38. The van der Waals surface area contributed by atoms with Crippen LogP contribution in [0.1, 0.15) is 32.1 Å². The zero-order chi connectivity index (χ0) is 14.0. The second kappa shape index (κ2) is 5.27. The minimum atomic E-state index is -2.64. The van der Waals surface area contributed by atoms with Gasteiger partial charge in [0.2, 0.25) is 11.8 Å². The monoisotopic (exact) mass is 273 g/mol. The van der Waals surface area contributed by atoms with Crippen molar-refractivity contribution >= 4 is 11.9 Å². The Morgan fingerprint density at radius 2 is 1.84 bits per heavy atom. The lowest BCUT2D eigenvalue weighted by atomic mass is 9.86. The quantitative estimate of drug-likeness (QED) is 0.772. The van der Waals surface area contributed by atoms with Crippen molar-refractivity contribution in [2.24, 2.45) is 11.8 Å². The van der Waals surface area contributed by atoms with Gasteiger partial charge in [-0.2, -0.15) is 0 Å². The highest BCUT2D eigenvalue weighted by molar-refractivity contribution is 5.80. The first kappa shape index (κ1) is 14.0. The molecule has 1 fully saturated rings. The molecular formula is C13H17F2NO3. The number of carbonyl (C=O) groups excluding carboxylic acids is 1. The number of carboxylic acid groups (broad SMARTS) is 1. The summed E-state index contributed by atoms with van der Waals surface area (Å²) >= 11 is 0. The molecule has 0 saturated heterocycles. The third kappa shape index (κ3) is 3.52. The van der Waals surface area contributed by atoms with Gasteiger partial charge >= 0.3 is 5.97 Å². The first-order valence-electron chi connectivity index (χ1n) is 6.47. The molecule has 19 heavy (non-hydrogen) atoms. The fourth-order valence-electron chi connectivity index (χ4n) is 2.59. The van der Waals surface area contributed by atoms with Crippen molar-refractivity contribution < 1.29 is 23.5 Å². The standard InChI is InChI=1S/C13H17F2NO3/c14-13(15)5-3-8(4-6-13)11(17)16-10-2-1-9(7-10)12(18)19/h1-2,8-10H,3-7H2,(H,16,17)(H,18,19). The molecule has 0 spiro atoms. The summed E-state index contributed by atoms with van der Waals surface area (Å²) < 4.78 is 26.0. The van der Waals surface area contributed by atoms with Gasteiger partial charge in [-0.3, -0.25) is 9.59 Å². The predicted molar refractivity (Wildman–Crippen MR) is 63.7 cm³/mol. The Hall–Kier alpha value is -1.46. The van der Waals surface area contributed by atoms with Crippen LogP contribution in [0.25, 0.3) is 0 Å². The van der Waals surface area contributed by atoms with Crippen LogP contribution in [0.4, 0.5) is 8.78 Å². The summed E-state index contributed by atoms with van der Waals surface area (Å²) in [6.45, 7) is 0. The molecular weight excluding hydrogens is 256 g/mol. The van der Waals surface area contributed by atoms with Gasteiger partial charge in [0, 0.05) is 24.8 Å². The van der Waals surface area contributed by atoms with E-state index in [2.05, 4.69) is 5.32 Å². The summed E-state index contributed by atoms with van der Waals surface area (Å²) in [7, 11) is 0. The maximum absolute atomic E-state index is 13.0. The fourth-order valence-corrected chi connectivity index (χ4v) is 2.59. The van der Waals surface area contributed by atoms with Crippen LogP contribution in [-0.2, 0) is 9.59 Å². The Morgan fingerprint density at radius 3 is 2.37 bits per heavy atom. The molecule has 2 N–H and O–H groups in total. The third-order valence-electron chi connectivity index (χ3n) is 3.82. The molecule has 1 amide bonds. The molecule has 4 nitrogen and oxygen atoms in total. The number of nitrogens with one attached hydrogen (secondary N) is 1. The number of hydrogen-bond donors (Lipinski definition) is 2. The van der Waals surface area contributed by atoms with Gasteiger partial charge in [0.25, 0.3) is 0 Å². The average Bonchev–Trinajstić information content (AvgIpc) is 2.77. The van der Waals surface area contributed by atoms with Crippen LogP contribution in [0.3, 0.4) is 0 Å². The number of aliphatic carboxylic acids is 1. The maximum Gasteiger partial charge on any atom is 0.310 e. The van der Waals surface area contributed by atoms with Gasteiger partial charge in [0.15, 0.2) is 0 Å². The smallest absolute Gasteiger partial charge is 0.310 e. The first-order valence-corrected chi connectivity index (χ1v) is 6.47. The van der Waals surface area contributed by atoms with Crippen molar-refractivity contribution in [2.75, 3.05) is 0 Å². The SMILES string of the molecule is O=C(O)C1C=CC(NC(=O)C2CCC(F)(F)CC2)C1. The lowest BCUT2D eigenvalue weighted by Crippen LogP contribution is -2.40. The van der Waals surface area contributed by atoms with Crippen molar-refractivity contribution in [2.45, 2.75) is 44.1 Å². The lowest BCUT2D eigenvalue weighted by Gasteiger charge is -2.28. The molecule has 0 aromatic heterocycles. The topological polar surface area (TPSA) is 66.4 Å². The Balaban J connectivity index is 1.80. The Kier molecular flexibility index (Phi) is 3.87. The summed E-state index contributed by atoms with van der Waals surface area (Å²) in [6.07, 6.45) is 3.45. The van der Waals surface area contributed by atoms with Crippen LogP contribution < -0.4 is 5.32 Å². The minimum absolute atomic E-state index is 0.192. The Labute approximate surface area is 109 Å². The molecule has 2 aliphatic rings. The molecule has 2 atom stereocenters. The van der Waals surface area contributed by atoms with Crippen LogP contribution in [0.2, 0.25) is 0 Å². The number of amides is 1. The van der Waals surface area contributed by atoms with Gasteiger partial charge in [-0.25, -0.2) is 8.78 Å². The van der Waals surface area contributed by atoms with E-state index < -0.39 is 17.8 Å². The number of carbonyl (C=O) groups is 2. The van der Waals surface area contributed by atoms with Gasteiger partial charge in [-0.05, 0) is 19.3 Å². The second-order valence-corrected chi connectivity index (χ2v) is 5.31. The van der Waals surface area contributed by atoms with Crippen LogP contribution in [-0.4, -0.2) is 28.9 Å². The van der Waals surface area contributed by atoms with E-state index in [4.69, 9.17) is 5.11 Å². The molecule has 0 aromatic carbocycles. The first-order chi connectivity index (χ1) is 8.87. The largest absolute Gasteiger partial charge is 0.481 e. The van der Waals surface area contributed by atoms with Gasteiger partial charge < -0.3 is 10.4 Å². The van der Waals surface area contributed by atoms with E-state index in [1.165, 1.54) is 0 Å². The van der Waals surface area contributed by atoms with Crippen molar-refractivity contribution in [1.29, 1.82) is 0 Å². The number of alkyl halides is 2. The summed E-state index contributed by atoms with van der Waals surface area (Å²) in [5, 5.41) is 11.6. The molecule has 0 aromatic rings. The number of rotatable bonds is 3. The number of hydrogen-bond acceptors (Lipinski definition) is 2. The molecule has 106 valence electrons. The number of carboxylic acids is 1. The molecule has 0 heterocycles. The summed E-state index contributed by atoms with van der Waals surface area (Å²) in [6, 6.07) is -0.295. The second-order valence-electron chi connectivity index (χ2n) is 5.31. The van der Waals surface area contributed by atoms with Crippen LogP contribution in [0.15, 0.2) is 12.2 Å².